The lowest BCUT2D eigenvalue weighted by Gasteiger charge is -2.32. The van der Waals surface area contributed by atoms with Gasteiger partial charge in [-0.05, 0) is 6.92 Å². The molecular formula is C15H16N2O2S. The van der Waals surface area contributed by atoms with E-state index in [4.69, 9.17) is 4.74 Å². The van der Waals surface area contributed by atoms with E-state index in [0.717, 1.165) is 10.6 Å². The van der Waals surface area contributed by atoms with Crippen molar-refractivity contribution >= 4 is 17.2 Å². The molecule has 104 valence electrons. The highest BCUT2D eigenvalue weighted by atomic mass is 32.1. The Bertz CT molecular complexity index is 597. The number of benzene rings is 1. The molecule has 1 aromatic carbocycles. The Morgan fingerprint density at radius 3 is 2.95 bits per heavy atom. The summed E-state index contributed by atoms with van der Waals surface area (Å²) in [7, 11) is 0. The molecule has 0 spiro atoms. The Balaban J connectivity index is 1.81. The molecule has 0 aliphatic carbocycles. The minimum absolute atomic E-state index is 0.0560. The summed E-state index contributed by atoms with van der Waals surface area (Å²) >= 11 is 1.45. The number of carbonyl (C=O) groups is 1. The van der Waals surface area contributed by atoms with Crippen molar-refractivity contribution in [1.82, 2.24) is 9.88 Å². The van der Waals surface area contributed by atoms with Gasteiger partial charge in [-0.1, -0.05) is 30.3 Å². The zero-order valence-electron chi connectivity index (χ0n) is 11.3. The number of morpholine rings is 1. The molecule has 4 nitrogen and oxygen atoms in total. The molecule has 1 fully saturated rings. The molecule has 1 atom stereocenters. The van der Waals surface area contributed by atoms with Crippen LogP contribution in [0.3, 0.4) is 0 Å². The van der Waals surface area contributed by atoms with E-state index < -0.39 is 0 Å². The molecule has 1 aliphatic rings. The normalized spacial score (nSPS) is 19.1. The van der Waals surface area contributed by atoms with Crippen molar-refractivity contribution in [3.63, 3.8) is 0 Å². The maximum absolute atomic E-state index is 12.5. The molecule has 2 aromatic rings. The van der Waals surface area contributed by atoms with Crippen molar-refractivity contribution in [1.29, 1.82) is 0 Å². The van der Waals surface area contributed by atoms with Crippen molar-refractivity contribution in [2.24, 2.45) is 0 Å². The lowest BCUT2D eigenvalue weighted by molar-refractivity contribution is 0.00385. The molecule has 3 rings (SSSR count). The van der Waals surface area contributed by atoms with Gasteiger partial charge in [-0.2, -0.15) is 0 Å². The Morgan fingerprint density at radius 2 is 2.20 bits per heavy atom. The van der Waals surface area contributed by atoms with Gasteiger partial charge in [-0.25, -0.2) is 4.98 Å². The van der Waals surface area contributed by atoms with Gasteiger partial charge in [0.25, 0.3) is 5.91 Å². The predicted octanol–water partition coefficient (Wildman–Crippen LogP) is 2.67. The number of aromatic nitrogens is 1. The summed E-state index contributed by atoms with van der Waals surface area (Å²) in [5.41, 5.74) is 1.05. The van der Waals surface area contributed by atoms with E-state index in [-0.39, 0.29) is 11.9 Å². The largest absolute Gasteiger partial charge is 0.377 e. The maximum Gasteiger partial charge on any atom is 0.265 e. The van der Waals surface area contributed by atoms with E-state index in [2.05, 4.69) is 4.98 Å². The van der Waals surface area contributed by atoms with E-state index >= 15 is 0 Å². The van der Waals surface area contributed by atoms with Crippen LogP contribution in [0.5, 0.6) is 0 Å². The minimum atomic E-state index is 0.0560. The summed E-state index contributed by atoms with van der Waals surface area (Å²) in [6, 6.07) is 10.1. The fourth-order valence-electron chi connectivity index (χ4n) is 2.26. The van der Waals surface area contributed by atoms with E-state index in [1.165, 1.54) is 11.3 Å². The average Bonchev–Trinajstić information content (AvgIpc) is 2.98. The Labute approximate surface area is 122 Å². The lowest BCUT2D eigenvalue weighted by atomic mass is 10.2. The highest BCUT2D eigenvalue weighted by molar-refractivity contribution is 7.16. The fraction of sp³-hybridized carbons (Fsp3) is 0.333. The van der Waals surface area contributed by atoms with E-state index in [1.54, 1.807) is 6.20 Å². The van der Waals surface area contributed by atoms with Gasteiger partial charge < -0.3 is 9.64 Å². The molecule has 0 radical (unpaired) electrons. The summed E-state index contributed by atoms with van der Waals surface area (Å²) < 4.78 is 5.37. The number of thiazole rings is 1. The summed E-state index contributed by atoms with van der Waals surface area (Å²) in [6.07, 6.45) is 1.68. The highest BCUT2D eigenvalue weighted by Gasteiger charge is 2.26. The van der Waals surface area contributed by atoms with Gasteiger partial charge in [0.15, 0.2) is 0 Å². The smallest absolute Gasteiger partial charge is 0.265 e. The molecule has 0 saturated carbocycles. The summed E-state index contributed by atoms with van der Waals surface area (Å²) in [5.74, 6) is 0.0560. The van der Waals surface area contributed by atoms with Crippen LogP contribution in [-0.4, -0.2) is 41.6 Å². The molecule has 20 heavy (non-hydrogen) atoms. The fourth-order valence-corrected chi connectivity index (χ4v) is 3.14. The van der Waals surface area contributed by atoms with Crippen LogP contribution in [0.25, 0.3) is 10.6 Å². The Morgan fingerprint density at radius 1 is 1.40 bits per heavy atom. The number of hydrogen-bond donors (Lipinski definition) is 0. The molecule has 1 aliphatic heterocycles. The van der Waals surface area contributed by atoms with Crippen molar-refractivity contribution in [2.45, 2.75) is 13.0 Å². The van der Waals surface area contributed by atoms with Crippen molar-refractivity contribution in [2.75, 3.05) is 19.8 Å². The lowest BCUT2D eigenvalue weighted by Crippen LogP contribution is -2.46. The Hall–Kier alpha value is -1.72. The summed E-state index contributed by atoms with van der Waals surface area (Å²) in [4.78, 5) is 19.4. The molecule has 5 heteroatoms. The minimum Gasteiger partial charge on any atom is -0.377 e. The van der Waals surface area contributed by atoms with Crippen LogP contribution in [0, 0.1) is 0 Å². The van der Waals surface area contributed by atoms with Crippen molar-refractivity contribution < 1.29 is 9.53 Å². The van der Waals surface area contributed by atoms with Crippen molar-refractivity contribution in [3.8, 4) is 10.6 Å². The monoisotopic (exact) mass is 288 g/mol. The third kappa shape index (κ3) is 2.59. The number of hydrogen-bond acceptors (Lipinski definition) is 4. The standard InChI is InChI=1S/C15H16N2O2S/c1-11-10-19-8-7-17(11)15(18)13-9-16-14(20-13)12-5-3-2-4-6-12/h2-6,9,11H,7-8,10H2,1H3. The van der Waals surface area contributed by atoms with Crippen LogP contribution < -0.4 is 0 Å². The van der Waals surface area contributed by atoms with Crippen LogP contribution in [0.4, 0.5) is 0 Å². The third-order valence-corrected chi connectivity index (χ3v) is 4.40. The third-order valence-electron chi connectivity index (χ3n) is 3.37. The first kappa shape index (κ1) is 13.3. The summed E-state index contributed by atoms with van der Waals surface area (Å²) in [6.45, 7) is 3.88. The van der Waals surface area contributed by atoms with E-state index in [0.29, 0.717) is 24.6 Å². The first-order valence-corrected chi connectivity index (χ1v) is 7.47. The van der Waals surface area contributed by atoms with E-state index in [1.807, 2.05) is 42.2 Å². The molecular weight excluding hydrogens is 272 g/mol. The van der Waals surface area contributed by atoms with Crippen LogP contribution >= 0.6 is 11.3 Å². The van der Waals surface area contributed by atoms with Gasteiger partial charge in [-0.15, -0.1) is 11.3 Å². The molecule has 0 bridgehead atoms. The van der Waals surface area contributed by atoms with Crippen LogP contribution in [0.15, 0.2) is 36.5 Å². The number of nitrogens with zero attached hydrogens (tertiary/aromatic N) is 2. The quantitative estimate of drug-likeness (QED) is 0.853. The van der Waals surface area contributed by atoms with Gasteiger partial charge in [-0.3, -0.25) is 4.79 Å². The van der Waals surface area contributed by atoms with Crippen LogP contribution in [0.2, 0.25) is 0 Å². The van der Waals surface area contributed by atoms with Gasteiger partial charge in [0.2, 0.25) is 0 Å². The molecule has 1 amide bonds. The topological polar surface area (TPSA) is 42.4 Å². The zero-order valence-corrected chi connectivity index (χ0v) is 12.1. The van der Waals surface area contributed by atoms with Gasteiger partial charge in [0.05, 0.1) is 25.5 Å². The SMILES string of the molecule is CC1COCCN1C(=O)c1cnc(-c2ccccc2)s1. The van der Waals surface area contributed by atoms with Crippen LogP contribution in [0.1, 0.15) is 16.6 Å². The first-order chi connectivity index (χ1) is 9.75. The second-order valence-corrected chi connectivity index (χ2v) is 5.85. The number of ether oxygens (including phenoxy) is 1. The zero-order chi connectivity index (χ0) is 13.9. The average molecular weight is 288 g/mol. The van der Waals surface area contributed by atoms with Crippen molar-refractivity contribution in [3.05, 3.63) is 41.4 Å². The van der Waals surface area contributed by atoms with Gasteiger partial charge >= 0.3 is 0 Å². The molecule has 1 saturated heterocycles. The van der Waals surface area contributed by atoms with Gasteiger partial charge in [0.1, 0.15) is 9.88 Å². The number of rotatable bonds is 2. The second-order valence-electron chi connectivity index (χ2n) is 4.82. The predicted molar refractivity (Wildman–Crippen MR) is 78.9 cm³/mol. The summed E-state index contributed by atoms with van der Waals surface area (Å²) in [5, 5.41) is 0.884. The van der Waals surface area contributed by atoms with E-state index in [9.17, 15) is 4.79 Å². The number of carbonyl (C=O) groups excluding carboxylic acids is 1. The second kappa shape index (κ2) is 5.73. The first-order valence-electron chi connectivity index (χ1n) is 6.65. The molecule has 1 unspecified atom stereocenters. The highest BCUT2D eigenvalue weighted by Crippen LogP contribution is 2.26. The maximum atomic E-state index is 12.5. The molecule has 1 aromatic heterocycles. The Kier molecular flexibility index (Phi) is 3.80. The molecule has 2 heterocycles. The molecule has 0 N–H and O–H groups in total. The van der Waals surface area contributed by atoms with Crippen LogP contribution in [-0.2, 0) is 4.74 Å². The van der Waals surface area contributed by atoms with Gasteiger partial charge in [0, 0.05) is 12.1 Å². The number of amides is 1.